The molecule has 2 aliphatic heterocycles. The van der Waals surface area contributed by atoms with Gasteiger partial charge in [-0.05, 0) is 76.9 Å². The molecular weight excluding hydrogens is 616 g/mol. The number of anilines is 2. The smallest absolute Gasteiger partial charge is 0.318 e. The van der Waals surface area contributed by atoms with Gasteiger partial charge in [-0.15, -0.1) is 0 Å². The summed E-state index contributed by atoms with van der Waals surface area (Å²) in [6.45, 7) is 6.57. The second-order valence-electron chi connectivity index (χ2n) is 12.1. The Morgan fingerprint density at radius 2 is 1.91 bits per heavy atom. The number of H-pyrrole nitrogens is 1. The number of rotatable bonds is 5. The number of nitrogens with one attached hydrogen (secondary N) is 1. The zero-order valence-electron chi connectivity index (χ0n) is 25.9. The highest BCUT2D eigenvalue weighted by Gasteiger charge is 2.37. The molecule has 14 heteroatoms. The maximum Gasteiger partial charge on any atom is 0.318 e. The van der Waals surface area contributed by atoms with Gasteiger partial charge in [-0.1, -0.05) is 11.6 Å². The van der Waals surface area contributed by atoms with Gasteiger partial charge in [0, 0.05) is 21.5 Å². The van der Waals surface area contributed by atoms with Gasteiger partial charge in [0.2, 0.25) is 5.88 Å². The van der Waals surface area contributed by atoms with Crippen LogP contribution in [0.2, 0.25) is 5.02 Å². The van der Waals surface area contributed by atoms with Crippen LogP contribution in [0.15, 0.2) is 24.5 Å². The van der Waals surface area contributed by atoms with Crippen molar-refractivity contribution in [3.05, 3.63) is 52.3 Å². The average Bonchev–Trinajstić information content (AvgIpc) is 3.78. The van der Waals surface area contributed by atoms with Gasteiger partial charge in [0.1, 0.15) is 40.7 Å². The Labute approximate surface area is 269 Å². The lowest BCUT2D eigenvalue weighted by Crippen LogP contribution is -2.39. The van der Waals surface area contributed by atoms with E-state index in [2.05, 4.69) is 37.1 Å². The fourth-order valence-corrected chi connectivity index (χ4v) is 6.59. The number of hydrogen-bond donors (Lipinski definition) is 2. The number of hydrogen-bond acceptors (Lipinski definition) is 10. The summed E-state index contributed by atoms with van der Waals surface area (Å²) >= 11 is 6.74. The zero-order chi connectivity index (χ0) is 32.3. The maximum absolute atomic E-state index is 16.8. The van der Waals surface area contributed by atoms with Gasteiger partial charge in [-0.3, -0.25) is 5.10 Å². The molecule has 3 aliphatic rings. The van der Waals surface area contributed by atoms with Crippen LogP contribution in [-0.2, 0) is 0 Å². The lowest BCUT2D eigenvalue weighted by atomic mass is 9.95. The summed E-state index contributed by atoms with van der Waals surface area (Å²) in [4.78, 5) is 21.9. The molecule has 240 valence electrons. The van der Waals surface area contributed by atoms with Crippen molar-refractivity contribution < 1.29 is 18.3 Å². The first kappa shape index (κ1) is 30.3. The largest absolute Gasteiger partial charge is 0.475 e. The van der Waals surface area contributed by atoms with Gasteiger partial charge >= 0.3 is 6.01 Å². The number of halogens is 3. The number of aromatic amines is 1. The first-order valence-electron chi connectivity index (χ1n) is 15.3. The van der Waals surface area contributed by atoms with E-state index in [4.69, 9.17) is 31.8 Å². The van der Waals surface area contributed by atoms with Crippen molar-refractivity contribution in [3.8, 4) is 23.1 Å². The van der Waals surface area contributed by atoms with E-state index in [1.807, 2.05) is 24.8 Å². The number of pyridine rings is 2. The van der Waals surface area contributed by atoms with Crippen LogP contribution in [0.25, 0.3) is 33.1 Å². The van der Waals surface area contributed by atoms with Crippen LogP contribution >= 0.6 is 11.6 Å². The van der Waals surface area contributed by atoms with Crippen molar-refractivity contribution in [1.82, 2.24) is 35.0 Å². The van der Waals surface area contributed by atoms with Crippen LogP contribution in [-0.4, -0.2) is 74.9 Å². The Balaban J connectivity index is 0.000000619. The zero-order valence-corrected chi connectivity index (χ0v) is 26.7. The third-order valence-corrected chi connectivity index (χ3v) is 9.21. The number of benzene rings is 1. The van der Waals surface area contributed by atoms with Gasteiger partial charge < -0.3 is 25.0 Å². The molecule has 1 unspecified atom stereocenters. The summed E-state index contributed by atoms with van der Waals surface area (Å²) < 4.78 is 42.6. The van der Waals surface area contributed by atoms with Crippen molar-refractivity contribution in [1.29, 1.82) is 0 Å². The molecule has 2 atom stereocenters. The molecule has 1 saturated carbocycles. The molecule has 2 fully saturated rings. The Morgan fingerprint density at radius 3 is 2.59 bits per heavy atom. The molecule has 1 saturated heterocycles. The highest BCUT2D eigenvalue weighted by molar-refractivity contribution is 6.33. The average molecular weight is 650 g/mol. The van der Waals surface area contributed by atoms with E-state index in [0.29, 0.717) is 32.9 Å². The second-order valence-corrected chi connectivity index (χ2v) is 12.5. The molecule has 0 amide bonds. The highest BCUT2D eigenvalue weighted by atomic mass is 35.5. The fraction of sp³-hybridized carbons (Fsp3) is 0.406. The third kappa shape index (κ3) is 5.20. The van der Waals surface area contributed by atoms with Crippen molar-refractivity contribution >= 4 is 45.0 Å². The summed E-state index contributed by atoms with van der Waals surface area (Å²) in [5.41, 5.74) is 8.68. The van der Waals surface area contributed by atoms with Crippen LogP contribution < -0.4 is 20.1 Å². The topological polar surface area (TPSA) is 131 Å². The summed E-state index contributed by atoms with van der Waals surface area (Å²) in [5.74, 6) is -0.351. The molecule has 8 rings (SSSR count). The summed E-state index contributed by atoms with van der Waals surface area (Å²) in [5, 5.41) is 8.58. The van der Waals surface area contributed by atoms with Crippen molar-refractivity contribution in [2.75, 3.05) is 44.5 Å². The Morgan fingerprint density at radius 1 is 1.15 bits per heavy atom. The van der Waals surface area contributed by atoms with Crippen molar-refractivity contribution in [3.63, 3.8) is 0 Å². The van der Waals surface area contributed by atoms with Gasteiger partial charge in [0.25, 0.3) is 0 Å². The molecule has 3 N–H and O–H groups in total. The van der Waals surface area contributed by atoms with E-state index in [9.17, 15) is 4.39 Å². The molecule has 46 heavy (non-hydrogen) atoms. The molecule has 0 spiro atoms. The molecule has 1 aromatic carbocycles. The van der Waals surface area contributed by atoms with E-state index in [1.54, 1.807) is 6.20 Å². The quantitative estimate of drug-likeness (QED) is 0.233. The molecule has 0 bridgehead atoms. The van der Waals surface area contributed by atoms with Crippen LogP contribution in [0.5, 0.6) is 11.9 Å². The second kappa shape index (κ2) is 11.8. The molecule has 0 radical (unpaired) electrons. The number of aromatic nitrogens is 6. The van der Waals surface area contributed by atoms with Crippen LogP contribution in [0.4, 0.5) is 20.4 Å². The van der Waals surface area contributed by atoms with E-state index in [0.717, 1.165) is 24.6 Å². The predicted octanol–water partition coefficient (Wildman–Crippen LogP) is 6.03. The standard InChI is InChI=1S/C28H25ClF2N8O2.C4H9N/c1-11-10-41-27-21-24(36-28(40-3)37-26(21)39(11)12(2)15-6-14(30)8-33-25(15)32)22(31)23(35-27)20-16-9-34-38-18(16)7-17(29)19(20)13-4-5-13;1-5-3-2-4-5/h6-9,11-13H,4-5,10H2,1-3H3,(H2,32,33)(H,34,38);2-4H2,1H3/t11-,12?;/m0./s1. The van der Waals surface area contributed by atoms with E-state index < -0.39 is 17.7 Å². The predicted molar refractivity (Wildman–Crippen MR) is 172 cm³/mol. The van der Waals surface area contributed by atoms with Gasteiger partial charge in [-0.25, -0.2) is 18.7 Å². The molecular formula is C32H34ClF2N9O2. The first-order valence-corrected chi connectivity index (χ1v) is 15.7. The van der Waals surface area contributed by atoms with Crippen molar-refractivity contribution in [2.45, 2.75) is 51.1 Å². The minimum absolute atomic E-state index is 0.0261. The lowest BCUT2D eigenvalue weighted by molar-refractivity contribution is 0.229. The fourth-order valence-electron chi connectivity index (χ4n) is 6.23. The van der Waals surface area contributed by atoms with E-state index >= 15 is 4.39 Å². The number of fused-ring (bicyclic) bond motifs is 1. The normalized spacial score (nSPS) is 18.4. The number of likely N-dealkylation sites (tertiary alicyclic amines) is 1. The van der Waals surface area contributed by atoms with Crippen LogP contribution in [0.1, 0.15) is 56.2 Å². The molecule has 5 aromatic rings. The number of nitrogens with zero attached hydrogens (tertiary/aromatic N) is 7. The van der Waals surface area contributed by atoms with E-state index in [-0.39, 0.29) is 52.9 Å². The monoisotopic (exact) mass is 649 g/mol. The van der Waals surface area contributed by atoms with Gasteiger partial charge in [-0.2, -0.15) is 15.1 Å². The minimum atomic E-state index is -0.671. The van der Waals surface area contributed by atoms with Gasteiger partial charge in [0.05, 0.1) is 37.1 Å². The maximum atomic E-state index is 16.8. The molecule has 11 nitrogen and oxygen atoms in total. The third-order valence-electron chi connectivity index (χ3n) is 8.90. The summed E-state index contributed by atoms with van der Waals surface area (Å²) in [6.07, 6.45) is 6.00. The minimum Gasteiger partial charge on any atom is -0.475 e. The lowest BCUT2D eigenvalue weighted by Gasteiger charge is -2.34. The summed E-state index contributed by atoms with van der Waals surface area (Å²) in [7, 11) is 3.55. The van der Waals surface area contributed by atoms with Crippen molar-refractivity contribution in [2.24, 2.45) is 0 Å². The highest BCUT2D eigenvalue weighted by Crippen LogP contribution is 2.51. The molecule has 6 heterocycles. The van der Waals surface area contributed by atoms with Crippen LogP contribution in [0.3, 0.4) is 0 Å². The number of nitrogen functional groups attached to an aromatic ring is 1. The molecule has 1 aliphatic carbocycles. The Kier molecular flexibility index (Phi) is 7.76. The first-order chi connectivity index (χ1) is 22.2. The van der Waals surface area contributed by atoms with Crippen LogP contribution in [0, 0.1) is 11.6 Å². The Bertz CT molecular complexity index is 1960. The number of ether oxygens (including phenoxy) is 2. The molecule has 4 aromatic heterocycles. The number of methoxy groups -OCH3 is 1. The summed E-state index contributed by atoms with van der Waals surface area (Å²) in [6, 6.07) is 2.26. The SMILES string of the molecule is CN1CCC1.COc1nc2c3c(nc(-c4c(C5CC5)c(Cl)cc5[nH]ncc45)c(F)c3n1)OC[C@H](C)N2C(C)c1cc(F)cnc1N. The Hall–Kier alpha value is -4.36. The van der Waals surface area contributed by atoms with Gasteiger partial charge in [0.15, 0.2) is 5.82 Å². The van der Waals surface area contributed by atoms with E-state index in [1.165, 1.54) is 32.7 Å². The number of nitrogens with two attached hydrogens (primary N) is 1.